The lowest BCUT2D eigenvalue weighted by Crippen LogP contribution is -2.11. The molecule has 0 fully saturated rings. The number of hydrogen-bond acceptors (Lipinski definition) is 5. The lowest BCUT2D eigenvalue weighted by Gasteiger charge is -2.14. The molecule has 5 nitrogen and oxygen atoms in total. The molecule has 0 aliphatic carbocycles. The quantitative estimate of drug-likeness (QED) is 0.772. The summed E-state index contributed by atoms with van der Waals surface area (Å²) in [5, 5.41) is 0. The van der Waals surface area contributed by atoms with Crippen LogP contribution in [0.5, 0.6) is 5.75 Å². The fraction of sp³-hybridized carbons (Fsp3) is 0.250. The van der Waals surface area contributed by atoms with Crippen LogP contribution in [0, 0.1) is 0 Å². The van der Waals surface area contributed by atoms with Crippen molar-refractivity contribution in [3.8, 4) is 5.75 Å². The maximum atomic E-state index is 10.9. The maximum absolute atomic E-state index is 10.9. The van der Waals surface area contributed by atoms with E-state index in [2.05, 4.69) is 15.4 Å². The Morgan fingerprint density at radius 2 is 2.13 bits per heavy atom. The molecule has 1 aromatic rings. The molecule has 0 aliphatic heterocycles. The first kappa shape index (κ1) is 12.0. The van der Waals surface area contributed by atoms with E-state index in [1.165, 1.54) is 0 Å². The molecule has 1 unspecified atom stereocenters. The lowest BCUT2D eigenvalue weighted by atomic mass is 10.2. The fourth-order valence-electron chi connectivity index (χ4n) is 0.987. The van der Waals surface area contributed by atoms with Crippen molar-refractivity contribution in [3.63, 3.8) is 0 Å². The van der Waals surface area contributed by atoms with E-state index >= 15 is 0 Å². The van der Waals surface area contributed by atoms with Gasteiger partial charge in [-0.05, 0) is 12.1 Å². The summed E-state index contributed by atoms with van der Waals surface area (Å²) in [7, 11) is -0.0421. The number of rotatable bonds is 3. The van der Waals surface area contributed by atoms with Gasteiger partial charge in [0.15, 0.2) is 5.75 Å². The average molecular weight is 248 g/mol. The first-order valence-corrected chi connectivity index (χ1v) is 6.40. The average Bonchev–Trinajstić information content (AvgIpc) is 2.06. The van der Waals surface area contributed by atoms with E-state index in [4.69, 9.17) is 10.3 Å². The topological polar surface area (TPSA) is 75.8 Å². The van der Waals surface area contributed by atoms with Crippen LogP contribution in [0.25, 0.3) is 0 Å². The number of anilines is 2. The normalized spacial score (nSPS) is 14.3. The largest absolute Gasteiger partial charge is 0.396 e. The van der Waals surface area contributed by atoms with Crippen LogP contribution < -0.4 is 14.8 Å². The summed E-state index contributed by atoms with van der Waals surface area (Å²) < 4.78 is 24.4. The third-order valence-electron chi connectivity index (χ3n) is 1.71. The summed E-state index contributed by atoms with van der Waals surface area (Å²) in [6.07, 6.45) is 0. The van der Waals surface area contributed by atoms with Crippen molar-refractivity contribution in [2.45, 2.75) is 0 Å². The van der Waals surface area contributed by atoms with Crippen LogP contribution in [0.2, 0.25) is 0 Å². The zero-order valence-electron chi connectivity index (χ0n) is 8.34. The Bertz CT molecular complexity index is 457. The molecule has 0 bridgehead atoms. The number of benzene rings is 1. The highest BCUT2D eigenvalue weighted by Gasteiger charge is 2.08. The smallest absolute Gasteiger partial charge is 0.311 e. The van der Waals surface area contributed by atoms with Gasteiger partial charge in [-0.1, -0.05) is 0 Å². The number of nitrogens with two attached hydrogens (primary N) is 1. The Balaban J connectivity index is 3.11. The molecular formula is C8H12N2O3S2. The van der Waals surface area contributed by atoms with Gasteiger partial charge in [0.05, 0.1) is 16.9 Å². The van der Waals surface area contributed by atoms with Gasteiger partial charge >= 0.3 is 9.05 Å². The highest BCUT2D eigenvalue weighted by atomic mass is 32.9. The monoisotopic (exact) mass is 248 g/mol. The summed E-state index contributed by atoms with van der Waals surface area (Å²) >= 11 is 4.23. The van der Waals surface area contributed by atoms with Crippen LogP contribution in [-0.4, -0.2) is 22.9 Å². The Hall–Kier alpha value is -1.05. The summed E-state index contributed by atoms with van der Waals surface area (Å²) in [5.41, 5.74) is 6.64. The van der Waals surface area contributed by atoms with Crippen LogP contribution >= 0.6 is 0 Å². The zero-order valence-corrected chi connectivity index (χ0v) is 9.97. The second-order valence-electron chi connectivity index (χ2n) is 3.13. The van der Waals surface area contributed by atoms with Crippen LogP contribution in [0.4, 0.5) is 11.4 Å². The number of hydrogen-bond donors (Lipinski definition) is 2. The minimum absolute atomic E-state index is 0.115. The SMILES string of the molecule is CN(C)c1ccc(N)c(OS(=O)(O)=S)c1. The van der Waals surface area contributed by atoms with Crippen molar-refractivity contribution >= 4 is 31.6 Å². The molecule has 0 saturated heterocycles. The van der Waals surface area contributed by atoms with Gasteiger partial charge in [0.1, 0.15) is 0 Å². The van der Waals surface area contributed by atoms with E-state index in [1.807, 2.05) is 19.0 Å². The molecule has 0 amide bonds. The molecule has 0 aromatic heterocycles. The molecule has 84 valence electrons. The van der Waals surface area contributed by atoms with Gasteiger partial charge in [-0.2, -0.15) is 4.21 Å². The molecule has 1 atom stereocenters. The summed E-state index contributed by atoms with van der Waals surface area (Å²) in [4.78, 5) is 1.81. The molecule has 7 heteroatoms. The molecule has 0 aliphatic rings. The molecule has 1 aromatic carbocycles. The highest BCUT2D eigenvalue weighted by molar-refractivity contribution is 8.27. The van der Waals surface area contributed by atoms with E-state index in [1.54, 1.807) is 18.2 Å². The van der Waals surface area contributed by atoms with E-state index in [0.29, 0.717) is 0 Å². The lowest BCUT2D eigenvalue weighted by molar-refractivity contribution is 0.455. The second kappa shape index (κ2) is 4.21. The second-order valence-corrected chi connectivity index (χ2v) is 5.41. The third-order valence-corrected chi connectivity index (χ3v) is 2.30. The van der Waals surface area contributed by atoms with Crippen LogP contribution in [0.3, 0.4) is 0 Å². The van der Waals surface area contributed by atoms with Crippen LogP contribution in [0.15, 0.2) is 18.2 Å². The van der Waals surface area contributed by atoms with E-state index < -0.39 is 9.05 Å². The minimum Gasteiger partial charge on any atom is -0.396 e. The number of nitrogens with zero attached hydrogens (tertiary/aromatic N) is 1. The standard InChI is InChI=1S/C8H12N2O3S2/c1-10(2)6-3-4-7(9)8(5-6)13-15(11,12)14/h3-5H,9H2,1-2H3,(H,11,12,14). The van der Waals surface area contributed by atoms with Gasteiger partial charge in [0, 0.05) is 25.8 Å². The highest BCUT2D eigenvalue weighted by Crippen LogP contribution is 2.27. The Morgan fingerprint density at radius 3 is 2.60 bits per heavy atom. The number of nitrogen functional groups attached to an aromatic ring is 1. The van der Waals surface area contributed by atoms with Crippen LogP contribution in [0.1, 0.15) is 0 Å². The first-order chi connectivity index (χ1) is 6.79. The van der Waals surface area contributed by atoms with E-state index in [9.17, 15) is 4.21 Å². The van der Waals surface area contributed by atoms with Crippen molar-refractivity contribution in [1.29, 1.82) is 0 Å². The Labute approximate surface area is 93.5 Å². The predicted molar refractivity (Wildman–Crippen MR) is 63.9 cm³/mol. The van der Waals surface area contributed by atoms with Gasteiger partial charge in [0.25, 0.3) is 0 Å². The van der Waals surface area contributed by atoms with Crippen molar-refractivity contribution < 1.29 is 12.9 Å². The van der Waals surface area contributed by atoms with Crippen molar-refractivity contribution in [2.75, 3.05) is 24.7 Å². The van der Waals surface area contributed by atoms with Crippen LogP contribution in [-0.2, 0) is 20.2 Å². The Kier molecular flexibility index (Phi) is 3.38. The molecule has 15 heavy (non-hydrogen) atoms. The molecule has 0 radical (unpaired) electrons. The van der Waals surface area contributed by atoms with E-state index in [0.717, 1.165) is 5.69 Å². The molecule has 0 spiro atoms. The zero-order chi connectivity index (χ0) is 11.6. The van der Waals surface area contributed by atoms with Crippen molar-refractivity contribution in [2.24, 2.45) is 0 Å². The van der Waals surface area contributed by atoms with E-state index in [-0.39, 0.29) is 11.4 Å². The van der Waals surface area contributed by atoms with Gasteiger partial charge < -0.3 is 14.8 Å². The summed E-state index contributed by atoms with van der Waals surface area (Å²) in [6, 6.07) is 4.91. The summed E-state index contributed by atoms with van der Waals surface area (Å²) in [5.74, 6) is 0.115. The predicted octanol–water partition coefficient (Wildman–Crippen LogP) is 0.848. The van der Waals surface area contributed by atoms with Crippen molar-refractivity contribution in [3.05, 3.63) is 18.2 Å². The first-order valence-electron chi connectivity index (χ1n) is 4.03. The molecule has 0 heterocycles. The molecule has 0 saturated carbocycles. The van der Waals surface area contributed by atoms with Gasteiger partial charge in [-0.25, -0.2) is 0 Å². The molecular weight excluding hydrogens is 236 g/mol. The third kappa shape index (κ3) is 3.54. The maximum Gasteiger partial charge on any atom is 0.311 e. The van der Waals surface area contributed by atoms with Gasteiger partial charge in [0.2, 0.25) is 0 Å². The minimum atomic E-state index is -3.71. The van der Waals surface area contributed by atoms with Gasteiger partial charge in [-0.15, -0.1) is 0 Å². The van der Waals surface area contributed by atoms with Crippen molar-refractivity contribution in [1.82, 2.24) is 0 Å². The Morgan fingerprint density at radius 1 is 1.53 bits per heavy atom. The molecule has 1 rings (SSSR count). The van der Waals surface area contributed by atoms with Gasteiger partial charge in [-0.3, -0.25) is 4.55 Å². The molecule has 3 N–H and O–H groups in total. The summed E-state index contributed by atoms with van der Waals surface area (Å²) in [6.45, 7) is 0. The fourth-order valence-corrected chi connectivity index (χ4v) is 1.58.